The van der Waals surface area contributed by atoms with Crippen LogP contribution in [0.1, 0.15) is 10.4 Å². The summed E-state index contributed by atoms with van der Waals surface area (Å²) in [6, 6.07) is 12.2. The minimum Gasteiger partial charge on any atom is -0.478 e. The second-order valence-electron chi connectivity index (χ2n) is 5.54. The minimum absolute atomic E-state index is 0.131. The van der Waals surface area contributed by atoms with Crippen molar-refractivity contribution in [1.29, 1.82) is 0 Å². The number of alkyl halides is 3. The van der Waals surface area contributed by atoms with Crippen molar-refractivity contribution in [2.45, 2.75) is 12.2 Å². The fourth-order valence-electron chi connectivity index (χ4n) is 1.78. The normalized spacial score (nSPS) is 11.5. The standard InChI is InChI=1S/C16H16N2O4S.C2HF3O2/c17-14(9-23)15(19)18-11-4-2-6-13(8-11)22-12-5-1-3-10(7-12)16(20)21;3-2(4,5)1(6)7/h1-8,14,23H,9,17H2,(H,18,19)(H,20,21);(H,6,7)/t14-;/m0./s1. The average molecular weight is 446 g/mol. The van der Waals surface area contributed by atoms with Crippen molar-refractivity contribution in [3.05, 3.63) is 54.1 Å². The van der Waals surface area contributed by atoms with Crippen molar-refractivity contribution in [2.24, 2.45) is 5.73 Å². The van der Waals surface area contributed by atoms with Crippen molar-refractivity contribution in [3.63, 3.8) is 0 Å². The molecule has 0 aliphatic rings. The van der Waals surface area contributed by atoms with Gasteiger partial charge in [-0.05, 0) is 30.3 Å². The highest BCUT2D eigenvalue weighted by Gasteiger charge is 2.38. The lowest BCUT2D eigenvalue weighted by Crippen LogP contribution is -2.37. The number of carbonyl (C=O) groups excluding carboxylic acids is 1. The monoisotopic (exact) mass is 446 g/mol. The maximum Gasteiger partial charge on any atom is 0.490 e. The van der Waals surface area contributed by atoms with Gasteiger partial charge in [-0.2, -0.15) is 25.8 Å². The Bertz CT molecular complexity index is 907. The number of carbonyl (C=O) groups is 3. The Morgan fingerprint density at radius 2 is 1.60 bits per heavy atom. The molecule has 0 aliphatic carbocycles. The lowest BCUT2D eigenvalue weighted by molar-refractivity contribution is -0.192. The van der Waals surface area contributed by atoms with Crippen molar-refractivity contribution in [2.75, 3.05) is 11.1 Å². The molecule has 2 aromatic rings. The summed E-state index contributed by atoms with van der Waals surface area (Å²) in [5.74, 6) is -3.04. The van der Waals surface area contributed by atoms with E-state index in [4.69, 9.17) is 25.5 Å². The molecule has 8 nitrogen and oxygen atoms in total. The number of rotatable bonds is 6. The van der Waals surface area contributed by atoms with Crippen LogP contribution in [0.2, 0.25) is 0 Å². The van der Waals surface area contributed by atoms with Crippen LogP contribution in [-0.2, 0) is 9.59 Å². The number of benzene rings is 2. The van der Waals surface area contributed by atoms with Crippen molar-refractivity contribution < 1.29 is 42.5 Å². The molecule has 0 radical (unpaired) electrons. The molecule has 0 heterocycles. The first kappa shape index (κ1) is 24.8. The maximum absolute atomic E-state index is 11.7. The summed E-state index contributed by atoms with van der Waals surface area (Å²) in [4.78, 5) is 31.6. The summed E-state index contributed by atoms with van der Waals surface area (Å²) in [5.41, 5.74) is 6.25. The van der Waals surface area contributed by atoms with Crippen LogP contribution in [0.15, 0.2) is 48.5 Å². The molecule has 0 bridgehead atoms. The Morgan fingerprint density at radius 1 is 1.07 bits per heavy atom. The molecule has 0 saturated heterocycles. The van der Waals surface area contributed by atoms with Crippen LogP contribution in [0.4, 0.5) is 18.9 Å². The highest BCUT2D eigenvalue weighted by molar-refractivity contribution is 7.80. The fourth-order valence-corrected chi connectivity index (χ4v) is 1.95. The topological polar surface area (TPSA) is 139 Å². The molecule has 0 aromatic heterocycles. The summed E-state index contributed by atoms with van der Waals surface area (Å²) in [6.07, 6.45) is -5.08. The lowest BCUT2D eigenvalue weighted by atomic mass is 10.2. The SMILES string of the molecule is N[C@@H](CS)C(=O)Nc1cccc(Oc2cccc(C(=O)O)c2)c1.O=C(O)C(F)(F)F. The van der Waals surface area contributed by atoms with E-state index in [0.29, 0.717) is 17.2 Å². The Hall–Kier alpha value is -3.25. The van der Waals surface area contributed by atoms with Crippen molar-refractivity contribution in [3.8, 4) is 11.5 Å². The van der Waals surface area contributed by atoms with E-state index in [9.17, 15) is 22.8 Å². The molecular formula is C18H17F3N2O6S. The Balaban J connectivity index is 0.000000553. The van der Waals surface area contributed by atoms with Gasteiger partial charge in [-0.25, -0.2) is 9.59 Å². The number of carboxylic acids is 2. The molecule has 162 valence electrons. The minimum atomic E-state index is -5.08. The number of thiol groups is 1. The van der Waals surface area contributed by atoms with Crippen LogP contribution < -0.4 is 15.8 Å². The van der Waals surface area contributed by atoms with Crippen molar-refractivity contribution in [1.82, 2.24) is 0 Å². The Morgan fingerprint density at radius 3 is 2.10 bits per heavy atom. The lowest BCUT2D eigenvalue weighted by Gasteiger charge is -2.11. The predicted molar refractivity (Wildman–Crippen MR) is 104 cm³/mol. The van der Waals surface area contributed by atoms with Gasteiger partial charge >= 0.3 is 18.1 Å². The van der Waals surface area contributed by atoms with E-state index in [1.165, 1.54) is 12.1 Å². The van der Waals surface area contributed by atoms with Crippen LogP contribution in [0, 0.1) is 0 Å². The molecule has 12 heteroatoms. The zero-order valence-electron chi connectivity index (χ0n) is 15.1. The highest BCUT2D eigenvalue weighted by Crippen LogP contribution is 2.25. The summed E-state index contributed by atoms with van der Waals surface area (Å²) in [5, 5.41) is 18.8. The quantitative estimate of drug-likeness (QED) is 0.430. The van der Waals surface area contributed by atoms with E-state index in [2.05, 4.69) is 17.9 Å². The number of nitrogens with one attached hydrogen (secondary N) is 1. The zero-order valence-corrected chi connectivity index (χ0v) is 16.0. The van der Waals surface area contributed by atoms with Crippen LogP contribution in [0.5, 0.6) is 11.5 Å². The summed E-state index contributed by atoms with van der Waals surface area (Å²) < 4.78 is 37.4. The number of aromatic carboxylic acids is 1. The van der Waals surface area contributed by atoms with Gasteiger partial charge in [-0.1, -0.05) is 12.1 Å². The maximum atomic E-state index is 11.7. The average Bonchev–Trinajstić information content (AvgIpc) is 2.67. The molecular weight excluding hydrogens is 429 g/mol. The van der Waals surface area contributed by atoms with Crippen LogP contribution in [0.25, 0.3) is 0 Å². The molecule has 1 amide bonds. The third kappa shape index (κ3) is 8.41. The molecule has 5 N–H and O–H groups in total. The van der Waals surface area contributed by atoms with Crippen LogP contribution in [-0.4, -0.2) is 46.0 Å². The van der Waals surface area contributed by atoms with Gasteiger partial charge in [0.15, 0.2) is 0 Å². The highest BCUT2D eigenvalue weighted by atomic mass is 32.1. The smallest absolute Gasteiger partial charge is 0.478 e. The Kier molecular flexibility index (Phi) is 9.15. The Labute approximate surface area is 173 Å². The number of hydrogen-bond donors (Lipinski definition) is 5. The van der Waals surface area contributed by atoms with Gasteiger partial charge in [-0.3, -0.25) is 4.79 Å². The van der Waals surface area contributed by atoms with Gasteiger partial charge in [0.05, 0.1) is 11.6 Å². The molecule has 1 atom stereocenters. The number of anilines is 1. The third-order valence-electron chi connectivity index (χ3n) is 3.19. The van der Waals surface area contributed by atoms with E-state index in [-0.39, 0.29) is 17.2 Å². The van der Waals surface area contributed by atoms with Gasteiger partial charge in [0.25, 0.3) is 0 Å². The first-order chi connectivity index (χ1) is 13.9. The number of nitrogens with two attached hydrogens (primary N) is 1. The number of carboxylic acid groups (broad SMARTS) is 2. The third-order valence-corrected chi connectivity index (χ3v) is 3.59. The van der Waals surface area contributed by atoms with E-state index in [0.717, 1.165) is 0 Å². The summed E-state index contributed by atoms with van der Waals surface area (Å²) in [7, 11) is 0. The summed E-state index contributed by atoms with van der Waals surface area (Å²) in [6.45, 7) is 0. The largest absolute Gasteiger partial charge is 0.490 e. The molecule has 0 spiro atoms. The second kappa shape index (κ2) is 11.1. The fraction of sp³-hybridized carbons (Fsp3) is 0.167. The van der Waals surface area contributed by atoms with E-state index < -0.39 is 24.2 Å². The predicted octanol–water partition coefficient (Wildman–Crippen LogP) is 3.01. The molecule has 0 unspecified atom stereocenters. The first-order valence-corrected chi connectivity index (χ1v) is 8.66. The van der Waals surface area contributed by atoms with E-state index >= 15 is 0 Å². The number of halogens is 3. The van der Waals surface area contributed by atoms with Gasteiger partial charge in [0.2, 0.25) is 5.91 Å². The van der Waals surface area contributed by atoms with Crippen molar-refractivity contribution >= 4 is 36.2 Å². The zero-order chi connectivity index (χ0) is 22.9. The molecule has 2 aromatic carbocycles. The molecule has 30 heavy (non-hydrogen) atoms. The van der Waals surface area contributed by atoms with Gasteiger partial charge in [0, 0.05) is 17.5 Å². The number of ether oxygens (including phenoxy) is 1. The van der Waals surface area contributed by atoms with Crippen LogP contribution >= 0.6 is 12.6 Å². The van der Waals surface area contributed by atoms with E-state index in [1.54, 1.807) is 36.4 Å². The van der Waals surface area contributed by atoms with Gasteiger partial charge < -0.3 is 26.0 Å². The van der Waals surface area contributed by atoms with Gasteiger partial charge in [0.1, 0.15) is 11.5 Å². The molecule has 0 fully saturated rings. The molecule has 2 rings (SSSR count). The first-order valence-electron chi connectivity index (χ1n) is 8.02. The summed E-state index contributed by atoms with van der Waals surface area (Å²) >= 11 is 3.98. The van der Waals surface area contributed by atoms with Crippen LogP contribution in [0.3, 0.4) is 0 Å². The molecule has 0 aliphatic heterocycles. The number of aliphatic carboxylic acids is 1. The number of amides is 1. The second-order valence-corrected chi connectivity index (χ2v) is 5.91. The van der Waals surface area contributed by atoms with Gasteiger partial charge in [-0.15, -0.1) is 0 Å². The number of hydrogen-bond acceptors (Lipinski definition) is 6. The van der Waals surface area contributed by atoms with E-state index in [1.807, 2.05) is 0 Å². The molecule has 0 saturated carbocycles.